The molecule has 31 heavy (non-hydrogen) atoms. The fourth-order valence-electron chi connectivity index (χ4n) is 3.36. The molecule has 4 aromatic rings. The lowest BCUT2D eigenvalue weighted by molar-refractivity contribution is 0.0998. The SMILES string of the molecule is Cc1cc(C)c2sc(=NC(=O)c3cccc(NS(=O)(=O)c4ccccc4)c3)n(C)c2c1. The van der Waals surface area contributed by atoms with Gasteiger partial charge in [-0.15, -0.1) is 0 Å². The molecule has 0 bridgehead atoms. The highest BCUT2D eigenvalue weighted by molar-refractivity contribution is 7.92. The average Bonchev–Trinajstić information content (AvgIpc) is 3.04. The van der Waals surface area contributed by atoms with Crippen LogP contribution in [0.3, 0.4) is 0 Å². The number of hydrogen-bond donors (Lipinski definition) is 1. The number of hydrogen-bond acceptors (Lipinski definition) is 4. The molecule has 4 rings (SSSR count). The highest BCUT2D eigenvalue weighted by atomic mass is 32.2. The Kier molecular flexibility index (Phi) is 5.51. The van der Waals surface area contributed by atoms with Crippen molar-refractivity contribution in [1.29, 1.82) is 0 Å². The minimum Gasteiger partial charge on any atom is -0.319 e. The molecule has 0 aliphatic rings. The van der Waals surface area contributed by atoms with Gasteiger partial charge in [0.1, 0.15) is 0 Å². The Balaban J connectivity index is 1.67. The molecule has 0 radical (unpaired) electrons. The fourth-order valence-corrected chi connectivity index (χ4v) is 5.49. The maximum absolute atomic E-state index is 12.8. The number of thiazole rings is 1. The van der Waals surface area contributed by atoms with Crippen molar-refractivity contribution in [3.05, 3.63) is 88.2 Å². The summed E-state index contributed by atoms with van der Waals surface area (Å²) in [7, 11) is -1.86. The number of aromatic nitrogens is 1. The maximum atomic E-state index is 12.8. The summed E-state index contributed by atoms with van der Waals surface area (Å²) in [6.45, 7) is 4.08. The molecule has 0 fully saturated rings. The number of nitrogens with zero attached hydrogens (tertiary/aromatic N) is 2. The Labute approximate surface area is 184 Å². The smallest absolute Gasteiger partial charge is 0.279 e. The predicted molar refractivity (Wildman–Crippen MR) is 124 cm³/mol. The summed E-state index contributed by atoms with van der Waals surface area (Å²) >= 11 is 1.46. The molecule has 0 unspecified atom stereocenters. The number of amides is 1. The Hall–Kier alpha value is -3.23. The molecule has 1 amide bonds. The summed E-state index contributed by atoms with van der Waals surface area (Å²) in [4.78, 5) is 17.9. The standard InChI is InChI=1S/C23H21N3O3S2/c1-15-12-16(2)21-20(13-15)26(3)23(30-21)24-22(27)17-8-7-9-18(14-17)25-31(28,29)19-10-5-4-6-11-19/h4-14,25H,1-3H3. The molecule has 0 aliphatic heterocycles. The number of carbonyl (C=O) groups excluding carboxylic acids is 1. The Morgan fingerprint density at radius 1 is 1.00 bits per heavy atom. The van der Waals surface area contributed by atoms with Crippen molar-refractivity contribution in [1.82, 2.24) is 4.57 Å². The van der Waals surface area contributed by atoms with Gasteiger partial charge >= 0.3 is 0 Å². The third kappa shape index (κ3) is 4.30. The normalized spacial score (nSPS) is 12.3. The zero-order chi connectivity index (χ0) is 22.2. The zero-order valence-electron chi connectivity index (χ0n) is 17.3. The van der Waals surface area contributed by atoms with Crippen molar-refractivity contribution in [2.24, 2.45) is 12.0 Å². The maximum Gasteiger partial charge on any atom is 0.279 e. The van der Waals surface area contributed by atoms with Gasteiger partial charge in [0.15, 0.2) is 4.80 Å². The average molecular weight is 452 g/mol. The summed E-state index contributed by atoms with van der Waals surface area (Å²) < 4.78 is 30.6. The van der Waals surface area contributed by atoms with Crippen molar-refractivity contribution in [2.45, 2.75) is 18.7 Å². The van der Waals surface area contributed by atoms with Crippen molar-refractivity contribution in [3.63, 3.8) is 0 Å². The van der Waals surface area contributed by atoms with E-state index >= 15 is 0 Å². The molecule has 0 atom stereocenters. The number of rotatable bonds is 4. The molecular weight excluding hydrogens is 430 g/mol. The molecule has 158 valence electrons. The van der Waals surface area contributed by atoms with Gasteiger partial charge in [-0.3, -0.25) is 9.52 Å². The van der Waals surface area contributed by atoms with Gasteiger partial charge in [-0.2, -0.15) is 4.99 Å². The molecule has 6 nitrogen and oxygen atoms in total. The van der Waals surface area contributed by atoms with E-state index in [0.717, 1.165) is 21.3 Å². The monoisotopic (exact) mass is 451 g/mol. The van der Waals surface area contributed by atoms with Crippen LogP contribution < -0.4 is 9.52 Å². The van der Waals surface area contributed by atoms with Crippen LogP contribution in [0.25, 0.3) is 10.2 Å². The molecule has 1 aromatic heterocycles. The van der Waals surface area contributed by atoms with Gasteiger partial charge in [-0.05, 0) is 61.4 Å². The van der Waals surface area contributed by atoms with Crippen LogP contribution >= 0.6 is 11.3 Å². The quantitative estimate of drug-likeness (QED) is 0.499. The second-order valence-corrected chi connectivity index (χ2v) is 9.95. The summed E-state index contributed by atoms with van der Waals surface area (Å²) in [6.07, 6.45) is 0. The van der Waals surface area contributed by atoms with E-state index in [9.17, 15) is 13.2 Å². The van der Waals surface area contributed by atoms with E-state index in [1.165, 1.54) is 29.5 Å². The van der Waals surface area contributed by atoms with E-state index in [-0.39, 0.29) is 4.90 Å². The molecule has 0 aliphatic carbocycles. The van der Waals surface area contributed by atoms with Gasteiger partial charge < -0.3 is 4.57 Å². The molecule has 1 N–H and O–H groups in total. The van der Waals surface area contributed by atoms with E-state index in [2.05, 4.69) is 21.8 Å². The molecule has 0 saturated carbocycles. The minimum absolute atomic E-state index is 0.152. The molecule has 3 aromatic carbocycles. The third-order valence-electron chi connectivity index (χ3n) is 4.85. The van der Waals surface area contributed by atoms with E-state index in [1.54, 1.807) is 36.4 Å². The van der Waals surface area contributed by atoms with E-state index in [4.69, 9.17) is 0 Å². The molecular formula is C23H21N3O3S2. The first-order valence-electron chi connectivity index (χ1n) is 9.58. The van der Waals surface area contributed by atoms with Crippen LogP contribution in [-0.4, -0.2) is 18.9 Å². The van der Waals surface area contributed by atoms with Crippen molar-refractivity contribution in [2.75, 3.05) is 4.72 Å². The van der Waals surface area contributed by atoms with Crippen LogP contribution in [-0.2, 0) is 17.1 Å². The summed E-state index contributed by atoms with van der Waals surface area (Å²) in [5, 5.41) is 0. The van der Waals surface area contributed by atoms with Crippen LogP contribution in [0.4, 0.5) is 5.69 Å². The van der Waals surface area contributed by atoms with Gasteiger partial charge in [0.2, 0.25) is 0 Å². The summed E-state index contributed by atoms with van der Waals surface area (Å²) in [5.41, 5.74) is 3.92. The van der Waals surface area contributed by atoms with Crippen LogP contribution in [0.1, 0.15) is 21.5 Å². The van der Waals surface area contributed by atoms with Gasteiger partial charge in [-0.1, -0.05) is 41.7 Å². The van der Waals surface area contributed by atoms with Crippen LogP contribution in [0.5, 0.6) is 0 Å². The lowest BCUT2D eigenvalue weighted by Gasteiger charge is -2.08. The topological polar surface area (TPSA) is 80.5 Å². The Morgan fingerprint density at radius 2 is 1.74 bits per heavy atom. The number of anilines is 1. The van der Waals surface area contributed by atoms with Crippen molar-refractivity contribution >= 4 is 43.2 Å². The van der Waals surface area contributed by atoms with Crippen molar-refractivity contribution < 1.29 is 13.2 Å². The van der Waals surface area contributed by atoms with Gasteiger partial charge in [0.25, 0.3) is 15.9 Å². The number of nitrogens with one attached hydrogen (secondary N) is 1. The number of aryl methyl sites for hydroxylation is 3. The number of carbonyl (C=O) groups is 1. The lowest BCUT2D eigenvalue weighted by Crippen LogP contribution is -2.14. The van der Waals surface area contributed by atoms with E-state index < -0.39 is 15.9 Å². The second-order valence-electron chi connectivity index (χ2n) is 7.29. The highest BCUT2D eigenvalue weighted by Gasteiger charge is 2.15. The third-order valence-corrected chi connectivity index (χ3v) is 7.53. The molecule has 8 heteroatoms. The highest BCUT2D eigenvalue weighted by Crippen LogP contribution is 2.23. The first-order valence-corrected chi connectivity index (χ1v) is 11.9. The van der Waals surface area contributed by atoms with Crippen LogP contribution in [0.2, 0.25) is 0 Å². The Bertz CT molecular complexity index is 1470. The number of fused-ring (bicyclic) bond motifs is 1. The van der Waals surface area contributed by atoms with Gasteiger partial charge in [-0.25, -0.2) is 8.42 Å². The van der Waals surface area contributed by atoms with Crippen molar-refractivity contribution in [3.8, 4) is 0 Å². The lowest BCUT2D eigenvalue weighted by atomic mass is 10.1. The molecule has 0 spiro atoms. The van der Waals surface area contributed by atoms with Gasteiger partial charge in [0, 0.05) is 18.3 Å². The first-order chi connectivity index (χ1) is 14.7. The second kappa shape index (κ2) is 8.13. The minimum atomic E-state index is -3.74. The Morgan fingerprint density at radius 3 is 2.48 bits per heavy atom. The van der Waals surface area contributed by atoms with Crippen LogP contribution in [0, 0.1) is 13.8 Å². The summed E-state index contributed by atoms with van der Waals surface area (Å²) in [5.74, 6) is -0.433. The number of sulfonamides is 1. The summed E-state index contributed by atoms with van der Waals surface area (Å²) in [6, 6.07) is 18.6. The van der Waals surface area contributed by atoms with E-state index in [1.807, 2.05) is 25.5 Å². The van der Waals surface area contributed by atoms with Gasteiger partial charge in [0.05, 0.1) is 15.1 Å². The zero-order valence-corrected chi connectivity index (χ0v) is 18.9. The number of benzene rings is 3. The first kappa shape index (κ1) is 21.0. The van der Waals surface area contributed by atoms with E-state index in [0.29, 0.717) is 16.1 Å². The molecule has 0 saturated heterocycles. The van der Waals surface area contributed by atoms with Crippen LogP contribution in [0.15, 0.2) is 76.6 Å². The largest absolute Gasteiger partial charge is 0.319 e. The molecule has 1 heterocycles. The fraction of sp³-hybridized carbons (Fsp3) is 0.130. The predicted octanol–water partition coefficient (Wildman–Crippen LogP) is 4.40.